The topological polar surface area (TPSA) is 176 Å². The van der Waals surface area contributed by atoms with Crippen LogP contribution in [0, 0.1) is 5.92 Å². The van der Waals surface area contributed by atoms with Crippen molar-refractivity contribution < 1.29 is 41.6 Å². The van der Waals surface area contributed by atoms with Gasteiger partial charge in [-0.1, -0.05) is 36.8 Å². The Kier molecular flexibility index (Phi) is 10.6. The number of nitrogens with zero attached hydrogens (tertiary/aromatic N) is 1. The van der Waals surface area contributed by atoms with E-state index in [4.69, 9.17) is 24.5 Å². The lowest BCUT2D eigenvalue weighted by atomic mass is 9.78. The van der Waals surface area contributed by atoms with Crippen LogP contribution in [0.3, 0.4) is 0 Å². The van der Waals surface area contributed by atoms with Gasteiger partial charge in [-0.3, -0.25) is 4.79 Å². The van der Waals surface area contributed by atoms with Gasteiger partial charge >= 0.3 is 29.4 Å². The number of hydrogen-bond donors (Lipinski definition) is 3. The molecule has 2 atom stereocenters. The Morgan fingerprint density at radius 3 is 2.28 bits per heavy atom. The van der Waals surface area contributed by atoms with Crippen LogP contribution >= 0.6 is 0 Å². The highest BCUT2D eigenvalue weighted by atomic mass is 32.2. The second-order valence-corrected chi connectivity index (χ2v) is 14.8. The number of alkyl carbamates (subject to hydrolysis) is 1. The summed E-state index contributed by atoms with van der Waals surface area (Å²) in [6, 6.07) is 9.05. The molecule has 0 unspecified atom stereocenters. The van der Waals surface area contributed by atoms with E-state index in [0.717, 1.165) is 9.87 Å². The number of amides is 2. The molecule has 4 N–H and O–H groups in total. The van der Waals surface area contributed by atoms with Crippen molar-refractivity contribution in [3.63, 3.8) is 0 Å². The first kappa shape index (κ1) is 34.8. The van der Waals surface area contributed by atoms with Crippen molar-refractivity contribution in [1.29, 1.82) is 0 Å². The molecule has 0 spiro atoms. The minimum atomic E-state index is -4.41. The third kappa shape index (κ3) is 9.14. The Morgan fingerprint density at radius 2 is 1.70 bits per heavy atom. The molecule has 43 heavy (non-hydrogen) atoms. The average Bonchev–Trinajstić information content (AvgIpc) is 3.33. The van der Waals surface area contributed by atoms with Crippen LogP contribution < -0.4 is 15.8 Å². The van der Waals surface area contributed by atoms with Gasteiger partial charge in [-0.2, -0.15) is 12.7 Å². The predicted octanol–water partition coefficient (Wildman–Crippen LogP) is 2.12. The molecule has 0 saturated carbocycles. The Balaban J connectivity index is 1.67. The maximum Gasteiger partial charge on any atom is 0.457 e. The Morgan fingerprint density at radius 1 is 1.09 bits per heavy atom. The van der Waals surface area contributed by atoms with Crippen molar-refractivity contribution in [3.8, 4) is 0 Å². The van der Waals surface area contributed by atoms with Crippen molar-refractivity contribution >= 4 is 35.3 Å². The molecule has 15 heteroatoms. The quantitative estimate of drug-likeness (QED) is 0.244. The highest BCUT2D eigenvalue weighted by molar-refractivity contribution is 7.87. The minimum absolute atomic E-state index is 0.0287. The van der Waals surface area contributed by atoms with Gasteiger partial charge in [0.15, 0.2) is 0 Å². The van der Waals surface area contributed by atoms with E-state index in [9.17, 15) is 22.8 Å². The molecule has 2 aliphatic rings. The van der Waals surface area contributed by atoms with Crippen molar-refractivity contribution in [2.75, 3.05) is 19.6 Å². The number of hydrogen-bond acceptors (Lipinski definition) is 10. The van der Waals surface area contributed by atoms with E-state index in [1.54, 1.807) is 32.9 Å². The van der Waals surface area contributed by atoms with E-state index in [2.05, 4.69) is 5.32 Å². The average molecular weight is 625 g/mol. The zero-order valence-electron chi connectivity index (χ0n) is 26.1. The van der Waals surface area contributed by atoms with Crippen LogP contribution in [0.1, 0.15) is 66.9 Å². The zero-order valence-corrected chi connectivity index (χ0v) is 26.9. The molecule has 0 bridgehead atoms. The summed E-state index contributed by atoms with van der Waals surface area (Å²) in [6.07, 6.45) is 0.553. The summed E-state index contributed by atoms with van der Waals surface area (Å²) in [6.45, 7) is 11.6. The molecular formula is C28H45BN4O9S. The van der Waals surface area contributed by atoms with Gasteiger partial charge in [0.2, 0.25) is 0 Å². The maximum absolute atomic E-state index is 13.4. The van der Waals surface area contributed by atoms with E-state index < -0.39 is 76.6 Å². The minimum Gasteiger partial charge on any atom is -0.459 e. The number of ether oxygens (including phenoxy) is 2. The van der Waals surface area contributed by atoms with Crippen LogP contribution in [0.4, 0.5) is 4.79 Å². The molecular weight excluding hydrogens is 579 g/mol. The van der Waals surface area contributed by atoms with E-state index in [0.29, 0.717) is 19.2 Å². The van der Waals surface area contributed by atoms with E-state index in [-0.39, 0.29) is 13.2 Å². The van der Waals surface area contributed by atoms with Crippen LogP contribution in [-0.4, -0.2) is 79.8 Å². The highest BCUT2D eigenvalue weighted by Gasteiger charge is 2.54. The first-order chi connectivity index (χ1) is 19.7. The molecule has 2 saturated heterocycles. The second-order valence-electron chi connectivity index (χ2n) is 13.1. The Labute approximate surface area is 254 Å². The summed E-state index contributed by atoms with van der Waals surface area (Å²) in [4.78, 5) is 37.6. The fourth-order valence-corrected chi connectivity index (χ4v) is 6.09. The first-order valence-corrected chi connectivity index (χ1v) is 15.8. The summed E-state index contributed by atoms with van der Waals surface area (Å²) < 4.78 is 52.0. The Hall–Kier alpha value is -2.72. The lowest BCUT2D eigenvalue weighted by Gasteiger charge is -2.32. The summed E-state index contributed by atoms with van der Waals surface area (Å²) >= 11 is 0. The van der Waals surface area contributed by atoms with Gasteiger partial charge in [-0.05, 0) is 66.8 Å². The molecule has 0 aromatic heterocycles. The SMILES string of the molecule is CC(C)(C)OC(=O)NCC(=O)NS(=O)(=O)N1C[C@H](CCCB2OC(C)(C)C(C)(C)O2)[C@](N)(C(=O)OCc2ccccc2)C1. The lowest BCUT2D eigenvalue weighted by Crippen LogP contribution is -2.56. The van der Waals surface area contributed by atoms with Gasteiger partial charge in [0.05, 0.1) is 11.2 Å². The maximum atomic E-state index is 13.4. The summed E-state index contributed by atoms with van der Waals surface area (Å²) in [5.74, 6) is -2.35. The molecule has 1 aromatic carbocycles. The monoisotopic (exact) mass is 624 g/mol. The van der Waals surface area contributed by atoms with Crippen LogP contribution in [0.15, 0.2) is 30.3 Å². The van der Waals surface area contributed by atoms with Crippen LogP contribution in [0.2, 0.25) is 6.32 Å². The molecule has 13 nitrogen and oxygen atoms in total. The molecule has 2 fully saturated rings. The van der Waals surface area contributed by atoms with E-state index >= 15 is 0 Å². The molecule has 0 radical (unpaired) electrons. The van der Waals surface area contributed by atoms with Crippen LogP contribution in [0.5, 0.6) is 0 Å². The second kappa shape index (κ2) is 13.1. The smallest absolute Gasteiger partial charge is 0.457 e. The molecule has 240 valence electrons. The lowest BCUT2D eigenvalue weighted by molar-refractivity contribution is -0.152. The fraction of sp³-hybridized carbons (Fsp3) is 0.679. The summed E-state index contributed by atoms with van der Waals surface area (Å²) in [5.41, 5.74) is 3.94. The fourth-order valence-electron chi connectivity index (χ4n) is 4.84. The largest absolute Gasteiger partial charge is 0.459 e. The number of esters is 1. The van der Waals surface area contributed by atoms with Crippen molar-refractivity contribution in [2.45, 2.75) is 96.6 Å². The first-order valence-electron chi connectivity index (χ1n) is 14.4. The Bertz CT molecular complexity index is 1250. The molecule has 1 aromatic rings. The molecule has 2 amide bonds. The number of carbonyl (C=O) groups excluding carboxylic acids is 3. The summed E-state index contributed by atoms with van der Waals surface area (Å²) in [5, 5.41) is 2.22. The van der Waals surface area contributed by atoms with Gasteiger partial charge < -0.3 is 29.8 Å². The normalized spacial score (nSPS) is 23.5. The predicted molar refractivity (Wildman–Crippen MR) is 160 cm³/mol. The van der Waals surface area contributed by atoms with Gasteiger partial charge in [-0.25, -0.2) is 14.3 Å². The molecule has 2 aliphatic heterocycles. The third-order valence-corrected chi connectivity index (χ3v) is 9.30. The number of benzene rings is 1. The summed E-state index contributed by atoms with van der Waals surface area (Å²) in [7, 11) is -4.87. The standard InChI is InChI=1S/C28H45BN4O9S/c1-25(2,3)40-24(36)31-16-22(34)32-43(37,38)33-17-21(14-11-15-29-41-26(4,5)27(6,7)42-29)28(30,19-33)23(35)39-18-20-12-9-8-10-13-20/h8-10,12-13,21H,11,14-19,30H2,1-7H3,(H,31,36)(H,32,34)/t21-,28-/m0/s1. The molecule has 2 heterocycles. The number of rotatable bonds is 11. The van der Waals surface area contributed by atoms with E-state index in [1.165, 1.54) is 0 Å². The van der Waals surface area contributed by atoms with Crippen molar-refractivity contribution in [1.82, 2.24) is 14.3 Å². The van der Waals surface area contributed by atoms with Gasteiger partial charge in [0, 0.05) is 19.0 Å². The van der Waals surface area contributed by atoms with Gasteiger partial charge in [0.1, 0.15) is 24.3 Å². The van der Waals surface area contributed by atoms with Crippen LogP contribution in [0.25, 0.3) is 0 Å². The van der Waals surface area contributed by atoms with Gasteiger partial charge in [-0.15, -0.1) is 0 Å². The van der Waals surface area contributed by atoms with Crippen molar-refractivity contribution in [2.24, 2.45) is 11.7 Å². The number of nitrogens with one attached hydrogen (secondary N) is 2. The zero-order chi connectivity index (χ0) is 32.3. The van der Waals surface area contributed by atoms with E-state index in [1.807, 2.05) is 50.6 Å². The third-order valence-electron chi connectivity index (χ3n) is 7.85. The molecule has 0 aliphatic carbocycles. The van der Waals surface area contributed by atoms with Crippen molar-refractivity contribution in [3.05, 3.63) is 35.9 Å². The van der Waals surface area contributed by atoms with Crippen LogP contribution in [-0.2, 0) is 45.2 Å². The molecule has 3 rings (SSSR count). The number of carbonyl (C=O) groups is 3. The van der Waals surface area contributed by atoms with Gasteiger partial charge in [0.25, 0.3) is 5.91 Å². The number of nitrogens with two attached hydrogens (primary N) is 1. The highest BCUT2D eigenvalue weighted by Crippen LogP contribution is 2.39.